The van der Waals surface area contributed by atoms with Gasteiger partial charge in [0, 0.05) is 10.6 Å². The van der Waals surface area contributed by atoms with Gasteiger partial charge in [0.15, 0.2) is 0 Å². The van der Waals surface area contributed by atoms with Crippen molar-refractivity contribution in [3.8, 4) is 0 Å². The summed E-state index contributed by atoms with van der Waals surface area (Å²) in [5.41, 5.74) is 0.825. The number of hydrogen-bond acceptors (Lipinski definition) is 4. The van der Waals surface area contributed by atoms with Crippen molar-refractivity contribution >= 4 is 23.6 Å². The molecule has 1 heterocycles. The molecule has 0 bridgehead atoms. The summed E-state index contributed by atoms with van der Waals surface area (Å²) >= 11 is 1.50. The molecule has 5 heteroatoms. The normalized spacial score (nSPS) is 15.0. The van der Waals surface area contributed by atoms with Crippen molar-refractivity contribution in [2.75, 3.05) is 12.3 Å². The van der Waals surface area contributed by atoms with Crippen molar-refractivity contribution in [3.05, 3.63) is 65.7 Å². The van der Waals surface area contributed by atoms with Gasteiger partial charge in [0.25, 0.3) is 11.8 Å². The molecule has 112 valence electrons. The maximum absolute atomic E-state index is 12.2. The van der Waals surface area contributed by atoms with Gasteiger partial charge in [-0.3, -0.25) is 14.5 Å². The second-order valence-corrected chi connectivity index (χ2v) is 6.14. The number of carbonyl (C=O) groups is 2. The molecule has 0 saturated heterocycles. The highest BCUT2D eigenvalue weighted by Gasteiger charge is 2.35. The second kappa shape index (κ2) is 6.34. The fourth-order valence-electron chi connectivity index (χ4n) is 2.38. The van der Waals surface area contributed by atoms with E-state index >= 15 is 0 Å². The maximum atomic E-state index is 12.2. The van der Waals surface area contributed by atoms with Crippen LogP contribution in [-0.2, 0) is 0 Å². The number of carbonyl (C=O) groups excluding carboxylic acids is 2. The third kappa shape index (κ3) is 2.91. The number of nitrogens with zero attached hydrogens (tertiary/aromatic N) is 1. The number of thioether (sulfide) groups is 1. The molecule has 1 aliphatic heterocycles. The third-order valence-corrected chi connectivity index (χ3v) is 4.61. The highest BCUT2D eigenvalue weighted by molar-refractivity contribution is 7.99. The Morgan fingerprint density at radius 3 is 2.05 bits per heavy atom. The molecule has 1 aliphatic rings. The SMILES string of the molecule is O=C1c2ccccc2C(=O)N1CC(O)CSc1ccccc1. The zero-order valence-electron chi connectivity index (χ0n) is 11.8. The fraction of sp³-hybridized carbons (Fsp3) is 0.176. The summed E-state index contributed by atoms with van der Waals surface area (Å²) < 4.78 is 0. The van der Waals surface area contributed by atoms with Crippen molar-refractivity contribution in [2.24, 2.45) is 0 Å². The lowest BCUT2D eigenvalue weighted by Gasteiger charge is -2.18. The molecule has 0 aromatic heterocycles. The van der Waals surface area contributed by atoms with Crippen molar-refractivity contribution in [1.29, 1.82) is 0 Å². The van der Waals surface area contributed by atoms with Crippen LogP contribution < -0.4 is 0 Å². The lowest BCUT2D eigenvalue weighted by Crippen LogP contribution is -2.37. The van der Waals surface area contributed by atoms with E-state index in [0.717, 1.165) is 9.80 Å². The maximum Gasteiger partial charge on any atom is 0.261 e. The zero-order chi connectivity index (χ0) is 15.5. The van der Waals surface area contributed by atoms with Crippen LogP contribution in [0.2, 0.25) is 0 Å². The summed E-state index contributed by atoms with van der Waals surface area (Å²) in [6, 6.07) is 16.4. The standard InChI is InChI=1S/C17H15NO3S/c19-12(11-22-13-6-2-1-3-7-13)10-18-16(20)14-8-4-5-9-15(14)17(18)21/h1-9,12,19H,10-11H2. The van der Waals surface area contributed by atoms with Crippen LogP contribution in [0.4, 0.5) is 0 Å². The van der Waals surface area contributed by atoms with E-state index < -0.39 is 6.10 Å². The number of imide groups is 1. The van der Waals surface area contributed by atoms with Crippen LogP contribution in [0.1, 0.15) is 20.7 Å². The first kappa shape index (κ1) is 14.8. The quantitative estimate of drug-likeness (QED) is 0.680. The van der Waals surface area contributed by atoms with Crippen LogP contribution in [-0.4, -0.2) is 40.2 Å². The van der Waals surface area contributed by atoms with E-state index in [1.165, 1.54) is 11.8 Å². The van der Waals surface area contributed by atoms with Gasteiger partial charge < -0.3 is 5.11 Å². The summed E-state index contributed by atoms with van der Waals surface area (Å²) in [4.78, 5) is 26.6. The Kier molecular flexibility index (Phi) is 4.27. The van der Waals surface area contributed by atoms with Crippen LogP contribution in [0.15, 0.2) is 59.5 Å². The Morgan fingerprint density at radius 2 is 1.45 bits per heavy atom. The number of fused-ring (bicyclic) bond motifs is 1. The molecule has 0 aliphatic carbocycles. The summed E-state index contributed by atoms with van der Waals surface area (Å²) in [6.07, 6.45) is -0.757. The summed E-state index contributed by atoms with van der Waals surface area (Å²) in [5.74, 6) is -0.231. The molecule has 1 unspecified atom stereocenters. The Balaban J connectivity index is 1.62. The third-order valence-electron chi connectivity index (χ3n) is 3.46. The minimum atomic E-state index is -0.757. The fourth-order valence-corrected chi connectivity index (χ4v) is 3.22. The van der Waals surface area contributed by atoms with Crippen molar-refractivity contribution < 1.29 is 14.7 Å². The number of β-amino-alcohol motifs (C(OH)–C–C–N with tert-alkyl or cyclic N) is 1. The smallest absolute Gasteiger partial charge is 0.261 e. The Hall–Kier alpha value is -2.11. The van der Waals surface area contributed by atoms with Crippen LogP contribution in [0.3, 0.4) is 0 Å². The largest absolute Gasteiger partial charge is 0.390 e. The van der Waals surface area contributed by atoms with E-state index in [1.807, 2.05) is 30.3 Å². The van der Waals surface area contributed by atoms with Crippen LogP contribution in [0, 0.1) is 0 Å². The molecular weight excluding hydrogens is 298 g/mol. The minimum Gasteiger partial charge on any atom is -0.390 e. The van der Waals surface area contributed by atoms with Gasteiger partial charge in [0.2, 0.25) is 0 Å². The molecule has 0 fully saturated rings. The topological polar surface area (TPSA) is 57.6 Å². The first-order chi connectivity index (χ1) is 10.7. The average Bonchev–Trinajstić information content (AvgIpc) is 2.79. The molecule has 2 aromatic rings. The monoisotopic (exact) mass is 313 g/mol. The first-order valence-electron chi connectivity index (χ1n) is 6.98. The van der Waals surface area contributed by atoms with Gasteiger partial charge in [-0.2, -0.15) is 0 Å². The number of rotatable bonds is 5. The molecule has 22 heavy (non-hydrogen) atoms. The van der Waals surface area contributed by atoms with E-state index in [0.29, 0.717) is 16.9 Å². The molecule has 0 radical (unpaired) electrons. The van der Waals surface area contributed by atoms with Crippen molar-refractivity contribution in [2.45, 2.75) is 11.0 Å². The number of benzene rings is 2. The molecule has 0 saturated carbocycles. The van der Waals surface area contributed by atoms with Crippen molar-refractivity contribution in [3.63, 3.8) is 0 Å². The summed E-state index contributed by atoms with van der Waals surface area (Å²) in [6.45, 7) is 0.0200. The zero-order valence-corrected chi connectivity index (χ0v) is 12.6. The van der Waals surface area contributed by atoms with Gasteiger partial charge in [0.1, 0.15) is 0 Å². The van der Waals surface area contributed by atoms with E-state index in [9.17, 15) is 14.7 Å². The minimum absolute atomic E-state index is 0.0200. The van der Waals surface area contributed by atoms with E-state index in [-0.39, 0.29) is 18.4 Å². The van der Waals surface area contributed by atoms with Crippen LogP contribution in [0.25, 0.3) is 0 Å². The second-order valence-electron chi connectivity index (χ2n) is 5.04. The summed E-state index contributed by atoms with van der Waals surface area (Å²) in [5, 5.41) is 10.1. The molecule has 2 amide bonds. The Morgan fingerprint density at radius 1 is 0.909 bits per heavy atom. The van der Waals surface area contributed by atoms with Crippen LogP contribution in [0.5, 0.6) is 0 Å². The number of aliphatic hydroxyl groups is 1. The number of aliphatic hydroxyl groups excluding tert-OH is 1. The lowest BCUT2D eigenvalue weighted by molar-refractivity contribution is 0.0567. The van der Waals surface area contributed by atoms with Gasteiger partial charge in [-0.25, -0.2) is 0 Å². The predicted molar refractivity (Wildman–Crippen MR) is 85.0 cm³/mol. The Labute approximate surface area is 132 Å². The molecular formula is C17H15NO3S. The van der Waals surface area contributed by atoms with Gasteiger partial charge in [-0.15, -0.1) is 11.8 Å². The lowest BCUT2D eigenvalue weighted by atomic mass is 10.1. The number of hydrogen-bond donors (Lipinski definition) is 1. The van der Waals surface area contributed by atoms with Crippen molar-refractivity contribution in [1.82, 2.24) is 4.90 Å². The van der Waals surface area contributed by atoms with Gasteiger partial charge in [-0.05, 0) is 24.3 Å². The summed E-state index contributed by atoms with van der Waals surface area (Å²) in [7, 11) is 0. The first-order valence-corrected chi connectivity index (χ1v) is 7.96. The van der Waals surface area contributed by atoms with E-state index in [2.05, 4.69) is 0 Å². The highest BCUT2D eigenvalue weighted by Crippen LogP contribution is 2.24. The van der Waals surface area contributed by atoms with Gasteiger partial charge in [0.05, 0.1) is 23.8 Å². The van der Waals surface area contributed by atoms with Crippen LogP contribution >= 0.6 is 11.8 Å². The molecule has 2 aromatic carbocycles. The average molecular weight is 313 g/mol. The molecule has 1 N–H and O–H groups in total. The number of amides is 2. The van der Waals surface area contributed by atoms with Gasteiger partial charge >= 0.3 is 0 Å². The highest BCUT2D eigenvalue weighted by atomic mass is 32.2. The molecule has 3 rings (SSSR count). The van der Waals surface area contributed by atoms with Gasteiger partial charge in [-0.1, -0.05) is 30.3 Å². The Bertz CT molecular complexity index is 667. The molecule has 1 atom stereocenters. The van der Waals surface area contributed by atoms with E-state index in [1.54, 1.807) is 24.3 Å². The molecule has 0 spiro atoms. The predicted octanol–water partition coefficient (Wildman–Crippen LogP) is 2.44. The molecule has 4 nitrogen and oxygen atoms in total. The van der Waals surface area contributed by atoms with E-state index in [4.69, 9.17) is 0 Å².